The summed E-state index contributed by atoms with van der Waals surface area (Å²) >= 11 is 0. The van der Waals surface area contributed by atoms with Gasteiger partial charge in [-0.1, -0.05) is 6.42 Å². The zero-order valence-corrected chi connectivity index (χ0v) is 12.7. The van der Waals surface area contributed by atoms with Gasteiger partial charge < -0.3 is 20.1 Å². The van der Waals surface area contributed by atoms with Crippen molar-refractivity contribution in [2.24, 2.45) is 11.8 Å². The summed E-state index contributed by atoms with van der Waals surface area (Å²) in [4.78, 5) is 25.7. The number of carbonyl (C=O) groups excluding carboxylic acids is 1. The first kappa shape index (κ1) is 14.6. The summed E-state index contributed by atoms with van der Waals surface area (Å²) in [5, 5.41) is 12.5. The van der Waals surface area contributed by atoms with Gasteiger partial charge in [-0.3, -0.25) is 0 Å². The van der Waals surface area contributed by atoms with Crippen LogP contribution in [0.25, 0.3) is 0 Å². The maximum Gasteiger partial charge on any atom is 0.326 e. The molecule has 0 aromatic heterocycles. The van der Waals surface area contributed by atoms with Crippen LogP contribution in [0, 0.1) is 11.8 Å². The summed E-state index contributed by atoms with van der Waals surface area (Å²) in [5.74, 6) is -0.402. The molecule has 0 bridgehead atoms. The van der Waals surface area contributed by atoms with Crippen LogP contribution in [0.4, 0.5) is 4.79 Å². The molecular weight excluding hydrogens is 272 g/mol. The highest BCUT2D eigenvalue weighted by Crippen LogP contribution is 2.42. The number of nitrogens with one attached hydrogen (secondary N) is 1. The van der Waals surface area contributed by atoms with E-state index >= 15 is 0 Å². The zero-order valence-electron chi connectivity index (χ0n) is 12.7. The number of fused-ring (bicyclic) bond motifs is 1. The Morgan fingerprint density at radius 1 is 1.38 bits per heavy atom. The number of carboxylic acid groups (broad SMARTS) is 1. The van der Waals surface area contributed by atoms with Crippen LogP contribution >= 0.6 is 0 Å². The number of aliphatic carboxylic acids is 1. The van der Waals surface area contributed by atoms with Gasteiger partial charge in [0.15, 0.2) is 0 Å². The van der Waals surface area contributed by atoms with E-state index in [0.29, 0.717) is 19.1 Å². The SMILES string of the molecule is CC1OCCC1(C)NC(=O)N1CC2CCCC2C1C(=O)O. The summed E-state index contributed by atoms with van der Waals surface area (Å²) in [5.41, 5.74) is -0.405. The number of hydrogen-bond donors (Lipinski definition) is 2. The second-order valence-corrected chi connectivity index (χ2v) is 6.90. The highest BCUT2D eigenvalue weighted by atomic mass is 16.5. The van der Waals surface area contributed by atoms with Gasteiger partial charge in [0.05, 0.1) is 11.6 Å². The lowest BCUT2D eigenvalue weighted by Gasteiger charge is -2.33. The van der Waals surface area contributed by atoms with E-state index in [9.17, 15) is 14.7 Å². The first-order valence-corrected chi connectivity index (χ1v) is 7.85. The quantitative estimate of drug-likeness (QED) is 0.808. The van der Waals surface area contributed by atoms with Crippen molar-refractivity contribution in [3.8, 4) is 0 Å². The van der Waals surface area contributed by atoms with Gasteiger partial charge in [-0.05, 0) is 44.9 Å². The van der Waals surface area contributed by atoms with Crippen LogP contribution < -0.4 is 5.32 Å². The number of likely N-dealkylation sites (tertiary alicyclic amines) is 1. The second kappa shape index (κ2) is 5.16. The number of carboxylic acids is 1. The fourth-order valence-electron chi connectivity index (χ4n) is 4.15. The lowest BCUT2D eigenvalue weighted by Crippen LogP contribution is -2.57. The minimum Gasteiger partial charge on any atom is -0.480 e. The number of hydrogen-bond acceptors (Lipinski definition) is 3. The summed E-state index contributed by atoms with van der Waals surface area (Å²) in [6, 6.07) is -0.921. The Bertz CT molecular complexity index is 455. The van der Waals surface area contributed by atoms with E-state index in [4.69, 9.17) is 4.74 Å². The molecule has 21 heavy (non-hydrogen) atoms. The minimum atomic E-state index is -0.875. The van der Waals surface area contributed by atoms with Crippen LogP contribution in [0.5, 0.6) is 0 Å². The number of nitrogens with zero attached hydrogens (tertiary/aromatic N) is 1. The molecule has 3 rings (SSSR count). The number of ether oxygens (including phenoxy) is 1. The number of carbonyl (C=O) groups is 2. The zero-order chi connectivity index (χ0) is 15.2. The lowest BCUT2D eigenvalue weighted by molar-refractivity contribution is -0.142. The molecule has 0 radical (unpaired) electrons. The van der Waals surface area contributed by atoms with Gasteiger partial charge in [-0.25, -0.2) is 9.59 Å². The number of rotatable bonds is 2. The Labute approximate surface area is 124 Å². The fourth-order valence-corrected chi connectivity index (χ4v) is 4.15. The second-order valence-electron chi connectivity index (χ2n) is 6.90. The van der Waals surface area contributed by atoms with Gasteiger partial charge in [-0.2, -0.15) is 0 Å². The molecule has 2 amide bonds. The third kappa shape index (κ3) is 2.39. The van der Waals surface area contributed by atoms with Crippen molar-refractivity contribution in [3.05, 3.63) is 0 Å². The van der Waals surface area contributed by atoms with Gasteiger partial charge in [0.25, 0.3) is 0 Å². The van der Waals surface area contributed by atoms with E-state index in [1.165, 1.54) is 4.90 Å². The standard InChI is InChI=1S/C15H24N2O4/c1-9-15(2,6-7-21-9)16-14(20)17-8-10-4-3-5-11(10)12(17)13(18)19/h9-12H,3-8H2,1-2H3,(H,16,20)(H,18,19). The molecule has 5 atom stereocenters. The lowest BCUT2D eigenvalue weighted by atomic mass is 9.94. The summed E-state index contributed by atoms with van der Waals surface area (Å²) < 4.78 is 5.53. The molecular formula is C15H24N2O4. The Morgan fingerprint density at radius 3 is 2.76 bits per heavy atom. The molecule has 1 aliphatic carbocycles. The van der Waals surface area contributed by atoms with Crippen LogP contribution in [0.2, 0.25) is 0 Å². The Hall–Kier alpha value is -1.30. The average Bonchev–Trinajstić information content (AvgIpc) is 3.04. The molecule has 3 fully saturated rings. The topological polar surface area (TPSA) is 78.9 Å². The van der Waals surface area contributed by atoms with Crippen LogP contribution in [0.1, 0.15) is 39.5 Å². The van der Waals surface area contributed by atoms with Crippen molar-refractivity contribution >= 4 is 12.0 Å². The van der Waals surface area contributed by atoms with Crippen molar-refractivity contribution in [1.29, 1.82) is 0 Å². The van der Waals surface area contributed by atoms with E-state index in [-0.39, 0.29) is 18.1 Å². The van der Waals surface area contributed by atoms with Crippen LogP contribution in [0.15, 0.2) is 0 Å². The predicted octanol–water partition coefficient (Wildman–Crippen LogP) is 1.45. The van der Waals surface area contributed by atoms with Crippen LogP contribution in [-0.2, 0) is 9.53 Å². The molecule has 5 unspecified atom stereocenters. The molecule has 0 aromatic rings. The third-order valence-corrected chi connectivity index (χ3v) is 5.68. The highest BCUT2D eigenvalue weighted by Gasteiger charge is 2.51. The molecule has 0 spiro atoms. The highest BCUT2D eigenvalue weighted by molar-refractivity contribution is 5.84. The molecule has 2 heterocycles. The largest absolute Gasteiger partial charge is 0.480 e. The van der Waals surface area contributed by atoms with Crippen LogP contribution in [0.3, 0.4) is 0 Å². The van der Waals surface area contributed by atoms with E-state index < -0.39 is 17.6 Å². The van der Waals surface area contributed by atoms with E-state index in [1.54, 1.807) is 0 Å². The first-order chi connectivity index (χ1) is 9.92. The first-order valence-electron chi connectivity index (χ1n) is 7.85. The molecule has 6 heteroatoms. The average molecular weight is 296 g/mol. The predicted molar refractivity (Wildman–Crippen MR) is 75.9 cm³/mol. The molecule has 0 aromatic carbocycles. The van der Waals surface area contributed by atoms with E-state index in [2.05, 4.69) is 5.32 Å². The Kier molecular flexibility index (Phi) is 3.59. The summed E-state index contributed by atoms with van der Waals surface area (Å²) in [6.07, 6.45) is 3.75. The van der Waals surface area contributed by atoms with Gasteiger partial charge >= 0.3 is 12.0 Å². The number of amides is 2. The van der Waals surface area contributed by atoms with Gasteiger partial charge in [0, 0.05) is 13.2 Å². The monoisotopic (exact) mass is 296 g/mol. The maximum atomic E-state index is 12.6. The van der Waals surface area contributed by atoms with Gasteiger partial charge in [0.2, 0.25) is 0 Å². The van der Waals surface area contributed by atoms with E-state index in [1.807, 2.05) is 13.8 Å². The molecule has 1 saturated carbocycles. The smallest absolute Gasteiger partial charge is 0.326 e. The van der Waals surface area contributed by atoms with Crippen molar-refractivity contribution in [3.63, 3.8) is 0 Å². The number of urea groups is 1. The Morgan fingerprint density at radius 2 is 2.14 bits per heavy atom. The third-order valence-electron chi connectivity index (χ3n) is 5.68. The van der Waals surface area contributed by atoms with Crippen molar-refractivity contribution < 1.29 is 19.4 Å². The molecule has 2 saturated heterocycles. The van der Waals surface area contributed by atoms with E-state index in [0.717, 1.165) is 25.7 Å². The molecule has 3 aliphatic rings. The Balaban J connectivity index is 1.73. The van der Waals surface area contributed by atoms with Gasteiger partial charge in [0.1, 0.15) is 6.04 Å². The summed E-state index contributed by atoms with van der Waals surface area (Å²) in [6.45, 7) is 5.11. The molecule has 118 valence electrons. The molecule has 2 aliphatic heterocycles. The molecule has 2 N–H and O–H groups in total. The van der Waals surface area contributed by atoms with Gasteiger partial charge in [-0.15, -0.1) is 0 Å². The minimum absolute atomic E-state index is 0.0492. The fraction of sp³-hybridized carbons (Fsp3) is 0.867. The molecule has 6 nitrogen and oxygen atoms in total. The van der Waals surface area contributed by atoms with Crippen molar-refractivity contribution in [2.45, 2.75) is 57.2 Å². The van der Waals surface area contributed by atoms with Crippen LogP contribution in [-0.4, -0.2) is 52.8 Å². The maximum absolute atomic E-state index is 12.6. The summed E-state index contributed by atoms with van der Waals surface area (Å²) in [7, 11) is 0. The van der Waals surface area contributed by atoms with Crippen molar-refractivity contribution in [2.75, 3.05) is 13.2 Å². The normalized spacial score (nSPS) is 42.1. The van der Waals surface area contributed by atoms with Crippen molar-refractivity contribution in [1.82, 2.24) is 10.2 Å².